The molecule has 1 fully saturated rings. The van der Waals surface area contributed by atoms with Crippen LogP contribution in [0.2, 0.25) is 10.2 Å². The van der Waals surface area contributed by atoms with Crippen LogP contribution >= 0.6 is 23.2 Å². The Morgan fingerprint density at radius 1 is 1.04 bits per heavy atom. The number of carbonyl (C=O) groups excluding carboxylic acids is 2. The van der Waals surface area contributed by atoms with Crippen LogP contribution in [-0.4, -0.2) is 41.3 Å². The molecule has 142 valence electrons. The SMILES string of the molecule is Cc1ccc(N(CC(=O)N2CCCCC2)C(=O)c2nc(Cl)ccc2Cl)cc1. The van der Waals surface area contributed by atoms with Crippen LogP contribution in [0.3, 0.4) is 0 Å². The Hall–Kier alpha value is -2.11. The summed E-state index contributed by atoms with van der Waals surface area (Å²) >= 11 is 12.1. The van der Waals surface area contributed by atoms with Gasteiger partial charge in [0.15, 0.2) is 0 Å². The Balaban J connectivity index is 1.91. The summed E-state index contributed by atoms with van der Waals surface area (Å²) in [4.78, 5) is 33.3. The van der Waals surface area contributed by atoms with E-state index in [1.54, 1.807) is 0 Å². The van der Waals surface area contributed by atoms with Crippen LogP contribution in [0.4, 0.5) is 5.69 Å². The number of aromatic nitrogens is 1. The predicted molar refractivity (Wildman–Crippen MR) is 108 cm³/mol. The molecule has 1 saturated heterocycles. The van der Waals surface area contributed by atoms with Crippen LogP contribution in [0.15, 0.2) is 36.4 Å². The Bertz CT molecular complexity index is 834. The lowest BCUT2D eigenvalue weighted by Gasteiger charge is -2.30. The highest BCUT2D eigenvalue weighted by Gasteiger charge is 2.27. The fourth-order valence-corrected chi connectivity index (χ4v) is 3.41. The molecule has 2 aromatic rings. The van der Waals surface area contributed by atoms with E-state index < -0.39 is 5.91 Å². The van der Waals surface area contributed by atoms with E-state index in [0.29, 0.717) is 5.69 Å². The lowest BCUT2D eigenvalue weighted by atomic mass is 10.1. The third kappa shape index (κ3) is 4.79. The topological polar surface area (TPSA) is 53.5 Å². The molecule has 1 aromatic carbocycles. The minimum Gasteiger partial charge on any atom is -0.341 e. The Labute approximate surface area is 168 Å². The van der Waals surface area contributed by atoms with Gasteiger partial charge in [0.25, 0.3) is 5.91 Å². The first-order chi connectivity index (χ1) is 13.0. The average molecular weight is 406 g/mol. The highest BCUT2D eigenvalue weighted by atomic mass is 35.5. The van der Waals surface area contributed by atoms with E-state index in [2.05, 4.69) is 4.98 Å². The first-order valence-electron chi connectivity index (χ1n) is 8.94. The van der Waals surface area contributed by atoms with Crippen LogP contribution in [0.1, 0.15) is 35.3 Å². The molecular formula is C20H21Cl2N3O2. The summed E-state index contributed by atoms with van der Waals surface area (Å²) in [5.74, 6) is -0.529. The molecule has 0 saturated carbocycles. The summed E-state index contributed by atoms with van der Waals surface area (Å²) in [5, 5.41) is 0.376. The molecule has 0 radical (unpaired) electrons. The maximum atomic E-state index is 13.2. The van der Waals surface area contributed by atoms with E-state index in [9.17, 15) is 9.59 Å². The van der Waals surface area contributed by atoms with Gasteiger partial charge in [-0.15, -0.1) is 0 Å². The monoisotopic (exact) mass is 405 g/mol. The zero-order chi connectivity index (χ0) is 19.4. The summed E-state index contributed by atoms with van der Waals surface area (Å²) in [6.45, 7) is 3.35. The molecule has 0 spiro atoms. The predicted octanol–water partition coefficient (Wildman–Crippen LogP) is 4.36. The van der Waals surface area contributed by atoms with Crippen molar-refractivity contribution in [3.8, 4) is 0 Å². The molecule has 0 atom stereocenters. The zero-order valence-corrected chi connectivity index (χ0v) is 16.6. The fourth-order valence-electron chi connectivity index (χ4n) is 3.08. The van der Waals surface area contributed by atoms with Gasteiger partial charge in [0.05, 0.1) is 5.02 Å². The number of carbonyl (C=O) groups is 2. The number of hydrogen-bond donors (Lipinski definition) is 0. The van der Waals surface area contributed by atoms with E-state index in [1.807, 2.05) is 36.1 Å². The van der Waals surface area contributed by atoms with Crippen LogP contribution in [0.25, 0.3) is 0 Å². The zero-order valence-electron chi connectivity index (χ0n) is 15.1. The first-order valence-corrected chi connectivity index (χ1v) is 9.69. The molecule has 1 aliphatic rings. The van der Waals surface area contributed by atoms with Crippen LogP contribution < -0.4 is 4.90 Å². The van der Waals surface area contributed by atoms with Crippen molar-refractivity contribution in [2.45, 2.75) is 26.2 Å². The van der Waals surface area contributed by atoms with Crippen LogP contribution in [-0.2, 0) is 4.79 Å². The lowest BCUT2D eigenvalue weighted by Crippen LogP contribution is -2.45. The minimum atomic E-state index is -0.447. The second-order valence-corrected chi connectivity index (χ2v) is 7.43. The molecule has 1 aliphatic heterocycles. The number of anilines is 1. The smallest absolute Gasteiger partial charge is 0.278 e. The number of halogens is 2. The van der Waals surface area contributed by atoms with Gasteiger partial charge in [-0.05, 0) is 50.5 Å². The number of hydrogen-bond acceptors (Lipinski definition) is 3. The van der Waals surface area contributed by atoms with Crippen molar-refractivity contribution in [1.29, 1.82) is 0 Å². The molecule has 2 heterocycles. The Kier molecular flexibility index (Phi) is 6.34. The van der Waals surface area contributed by atoms with Crippen LogP contribution in [0, 0.1) is 6.92 Å². The van der Waals surface area contributed by atoms with Crippen molar-refractivity contribution in [1.82, 2.24) is 9.88 Å². The van der Waals surface area contributed by atoms with Crippen molar-refractivity contribution in [2.24, 2.45) is 0 Å². The van der Waals surface area contributed by atoms with E-state index in [-0.39, 0.29) is 28.3 Å². The molecule has 7 heteroatoms. The van der Waals surface area contributed by atoms with Gasteiger partial charge in [0.2, 0.25) is 5.91 Å². The second kappa shape index (κ2) is 8.72. The van der Waals surface area contributed by atoms with E-state index in [4.69, 9.17) is 23.2 Å². The number of benzene rings is 1. The average Bonchev–Trinajstić information content (AvgIpc) is 2.69. The standard InChI is InChI=1S/C20H21Cl2N3O2/c1-14-5-7-15(8-6-14)25(13-18(26)24-11-3-2-4-12-24)20(27)19-16(21)9-10-17(22)23-19/h5-10H,2-4,11-13H2,1H3. The third-order valence-corrected chi connectivity index (χ3v) is 5.12. The van der Waals surface area contributed by atoms with Crippen molar-refractivity contribution >= 4 is 40.7 Å². The highest BCUT2D eigenvalue weighted by molar-refractivity contribution is 6.35. The summed E-state index contributed by atoms with van der Waals surface area (Å²) in [5.41, 5.74) is 1.72. The molecule has 0 unspecified atom stereocenters. The lowest BCUT2D eigenvalue weighted by molar-refractivity contribution is -0.130. The van der Waals surface area contributed by atoms with E-state index in [1.165, 1.54) is 17.0 Å². The Morgan fingerprint density at radius 3 is 2.37 bits per heavy atom. The minimum absolute atomic E-state index is 0.0381. The number of piperidine rings is 1. The first kappa shape index (κ1) is 19.6. The molecule has 0 bridgehead atoms. The number of aryl methyl sites for hydroxylation is 1. The summed E-state index contributed by atoms with van der Waals surface area (Å²) in [6, 6.07) is 10.5. The summed E-state index contributed by atoms with van der Waals surface area (Å²) < 4.78 is 0. The quantitative estimate of drug-likeness (QED) is 0.710. The van der Waals surface area contributed by atoms with Crippen molar-refractivity contribution in [2.75, 3.05) is 24.5 Å². The van der Waals surface area contributed by atoms with Crippen molar-refractivity contribution in [3.63, 3.8) is 0 Å². The molecule has 0 aliphatic carbocycles. The van der Waals surface area contributed by atoms with E-state index in [0.717, 1.165) is 37.9 Å². The maximum Gasteiger partial charge on any atom is 0.278 e. The summed E-state index contributed by atoms with van der Waals surface area (Å²) in [7, 11) is 0. The second-order valence-electron chi connectivity index (χ2n) is 6.63. The molecule has 27 heavy (non-hydrogen) atoms. The Morgan fingerprint density at radius 2 is 1.70 bits per heavy atom. The molecular weight excluding hydrogens is 385 g/mol. The van der Waals surface area contributed by atoms with Gasteiger partial charge in [-0.1, -0.05) is 40.9 Å². The van der Waals surface area contributed by atoms with Crippen molar-refractivity contribution < 1.29 is 9.59 Å². The molecule has 1 aromatic heterocycles. The number of nitrogens with zero attached hydrogens (tertiary/aromatic N) is 3. The molecule has 0 N–H and O–H groups in total. The number of rotatable bonds is 4. The fraction of sp³-hybridized carbons (Fsp3) is 0.350. The maximum absolute atomic E-state index is 13.2. The molecule has 2 amide bonds. The molecule has 5 nitrogen and oxygen atoms in total. The van der Waals surface area contributed by atoms with Gasteiger partial charge < -0.3 is 4.90 Å². The largest absolute Gasteiger partial charge is 0.341 e. The molecule has 3 rings (SSSR count). The number of likely N-dealkylation sites (tertiary alicyclic amines) is 1. The van der Waals surface area contributed by atoms with Gasteiger partial charge in [-0.3, -0.25) is 14.5 Å². The third-order valence-electron chi connectivity index (χ3n) is 4.61. The number of pyridine rings is 1. The normalized spacial score (nSPS) is 14.1. The highest BCUT2D eigenvalue weighted by Crippen LogP contribution is 2.23. The number of amides is 2. The van der Waals surface area contributed by atoms with Crippen LogP contribution in [0.5, 0.6) is 0 Å². The van der Waals surface area contributed by atoms with Gasteiger partial charge >= 0.3 is 0 Å². The van der Waals surface area contributed by atoms with Gasteiger partial charge in [0.1, 0.15) is 17.4 Å². The summed E-state index contributed by atoms with van der Waals surface area (Å²) in [6.07, 6.45) is 3.12. The van der Waals surface area contributed by atoms with Gasteiger partial charge in [0, 0.05) is 18.8 Å². The van der Waals surface area contributed by atoms with Gasteiger partial charge in [-0.25, -0.2) is 4.98 Å². The van der Waals surface area contributed by atoms with Gasteiger partial charge in [-0.2, -0.15) is 0 Å². The van der Waals surface area contributed by atoms with Crippen molar-refractivity contribution in [3.05, 3.63) is 57.8 Å². The van der Waals surface area contributed by atoms with E-state index >= 15 is 0 Å².